The molecule has 0 unspecified atom stereocenters. The van der Waals surface area contributed by atoms with Gasteiger partial charge < -0.3 is 10.2 Å². The number of benzene rings is 2. The first-order chi connectivity index (χ1) is 12.8. The lowest BCUT2D eigenvalue weighted by molar-refractivity contribution is -0.137. The van der Waals surface area contributed by atoms with E-state index < -0.39 is 11.7 Å². The normalized spacial score (nSPS) is 15.6. The fourth-order valence-electron chi connectivity index (χ4n) is 2.96. The highest BCUT2D eigenvalue weighted by molar-refractivity contribution is 5.92. The fourth-order valence-corrected chi connectivity index (χ4v) is 2.96. The van der Waals surface area contributed by atoms with Crippen LogP contribution in [0.15, 0.2) is 48.5 Å². The van der Waals surface area contributed by atoms with Crippen LogP contribution in [0.3, 0.4) is 0 Å². The Morgan fingerprint density at radius 2 is 1.52 bits per heavy atom. The molecule has 1 heterocycles. The smallest absolute Gasteiger partial charge is 0.369 e. The maximum absolute atomic E-state index is 13.0. The molecule has 1 N–H and O–H groups in total. The summed E-state index contributed by atoms with van der Waals surface area (Å²) in [4.78, 5) is 16.2. The molecule has 3 rings (SSSR count). The van der Waals surface area contributed by atoms with Crippen molar-refractivity contribution in [2.45, 2.75) is 6.18 Å². The number of piperazine rings is 1. The van der Waals surface area contributed by atoms with E-state index in [0.717, 1.165) is 17.8 Å². The minimum absolute atomic E-state index is 0.165. The van der Waals surface area contributed by atoms with Crippen LogP contribution in [0.4, 0.5) is 28.9 Å². The van der Waals surface area contributed by atoms with Crippen molar-refractivity contribution in [3.8, 4) is 0 Å². The predicted octanol–water partition coefficient (Wildman–Crippen LogP) is 3.61. The van der Waals surface area contributed by atoms with Crippen molar-refractivity contribution in [2.75, 3.05) is 42.9 Å². The third-order valence-electron chi connectivity index (χ3n) is 4.43. The molecule has 27 heavy (non-hydrogen) atoms. The number of rotatable bonds is 4. The van der Waals surface area contributed by atoms with Gasteiger partial charge in [-0.2, -0.15) is 13.2 Å². The van der Waals surface area contributed by atoms with E-state index in [9.17, 15) is 22.4 Å². The summed E-state index contributed by atoms with van der Waals surface area (Å²) >= 11 is 0. The van der Waals surface area contributed by atoms with E-state index in [-0.39, 0.29) is 18.3 Å². The summed E-state index contributed by atoms with van der Waals surface area (Å²) in [6.45, 7) is 2.91. The minimum atomic E-state index is -4.40. The van der Waals surface area contributed by atoms with Gasteiger partial charge in [-0.05, 0) is 48.5 Å². The molecular weight excluding hydrogens is 362 g/mol. The average molecular weight is 381 g/mol. The van der Waals surface area contributed by atoms with Crippen LogP contribution in [0.25, 0.3) is 0 Å². The maximum Gasteiger partial charge on any atom is 0.416 e. The van der Waals surface area contributed by atoms with Crippen LogP contribution in [0.1, 0.15) is 5.56 Å². The van der Waals surface area contributed by atoms with Gasteiger partial charge in [-0.1, -0.05) is 0 Å². The molecule has 1 fully saturated rings. The lowest BCUT2D eigenvalue weighted by Crippen LogP contribution is -2.48. The van der Waals surface area contributed by atoms with E-state index in [0.29, 0.717) is 31.9 Å². The fraction of sp³-hybridized carbons (Fsp3) is 0.316. The van der Waals surface area contributed by atoms with Gasteiger partial charge in [0.25, 0.3) is 0 Å². The van der Waals surface area contributed by atoms with Crippen molar-refractivity contribution in [3.05, 3.63) is 59.9 Å². The van der Waals surface area contributed by atoms with Gasteiger partial charge in [0.2, 0.25) is 5.91 Å². The van der Waals surface area contributed by atoms with Crippen LogP contribution in [-0.2, 0) is 11.0 Å². The Morgan fingerprint density at radius 1 is 0.926 bits per heavy atom. The molecule has 8 heteroatoms. The largest absolute Gasteiger partial charge is 0.416 e. The van der Waals surface area contributed by atoms with Crippen molar-refractivity contribution in [1.29, 1.82) is 0 Å². The number of nitrogens with zero attached hydrogens (tertiary/aromatic N) is 2. The van der Waals surface area contributed by atoms with E-state index in [4.69, 9.17) is 0 Å². The summed E-state index contributed by atoms with van der Waals surface area (Å²) < 4.78 is 50.6. The number of hydrogen-bond donors (Lipinski definition) is 1. The molecule has 0 aliphatic carbocycles. The molecule has 144 valence electrons. The molecule has 0 aromatic heterocycles. The van der Waals surface area contributed by atoms with Crippen molar-refractivity contribution >= 4 is 17.3 Å². The first-order valence-corrected chi connectivity index (χ1v) is 8.51. The Labute approximate surface area is 154 Å². The van der Waals surface area contributed by atoms with Gasteiger partial charge in [0.15, 0.2) is 0 Å². The van der Waals surface area contributed by atoms with Gasteiger partial charge in [0, 0.05) is 37.6 Å². The second kappa shape index (κ2) is 7.96. The quantitative estimate of drug-likeness (QED) is 0.822. The van der Waals surface area contributed by atoms with Crippen LogP contribution < -0.4 is 10.2 Å². The van der Waals surface area contributed by atoms with Crippen molar-refractivity contribution in [2.24, 2.45) is 0 Å². The highest BCUT2D eigenvalue weighted by Crippen LogP contribution is 2.29. The van der Waals surface area contributed by atoms with E-state index in [1.807, 2.05) is 4.90 Å². The summed E-state index contributed by atoms with van der Waals surface area (Å²) in [5.74, 6) is -0.553. The molecule has 2 aromatic rings. The third-order valence-corrected chi connectivity index (χ3v) is 4.43. The molecule has 1 aliphatic heterocycles. The van der Waals surface area contributed by atoms with E-state index in [1.165, 1.54) is 24.3 Å². The van der Waals surface area contributed by atoms with E-state index in [1.54, 1.807) is 12.1 Å². The zero-order valence-electron chi connectivity index (χ0n) is 14.5. The Bertz CT molecular complexity index is 767. The molecule has 1 saturated heterocycles. The average Bonchev–Trinajstić information content (AvgIpc) is 2.63. The van der Waals surface area contributed by atoms with Gasteiger partial charge in [0.05, 0.1) is 12.1 Å². The van der Waals surface area contributed by atoms with Gasteiger partial charge >= 0.3 is 6.18 Å². The van der Waals surface area contributed by atoms with Gasteiger partial charge in [-0.3, -0.25) is 9.69 Å². The maximum atomic E-state index is 13.0. The Hall–Kier alpha value is -2.61. The molecule has 0 spiro atoms. The summed E-state index contributed by atoms with van der Waals surface area (Å²) in [5.41, 5.74) is 0.514. The zero-order valence-corrected chi connectivity index (χ0v) is 14.5. The summed E-state index contributed by atoms with van der Waals surface area (Å²) in [6, 6.07) is 10.7. The van der Waals surface area contributed by atoms with Crippen molar-refractivity contribution in [1.82, 2.24) is 4.90 Å². The van der Waals surface area contributed by atoms with Crippen molar-refractivity contribution in [3.63, 3.8) is 0 Å². The molecule has 4 nitrogen and oxygen atoms in total. The summed E-state index contributed by atoms with van der Waals surface area (Å²) in [5, 5.41) is 2.61. The second-order valence-corrected chi connectivity index (χ2v) is 6.36. The number of anilines is 2. The number of halogens is 4. The van der Waals surface area contributed by atoms with Crippen LogP contribution in [0.5, 0.6) is 0 Å². The number of carbonyl (C=O) groups is 1. The lowest BCUT2D eigenvalue weighted by atomic mass is 10.2. The topological polar surface area (TPSA) is 35.6 Å². The van der Waals surface area contributed by atoms with Gasteiger partial charge in [-0.15, -0.1) is 0 Å². The summed E-state index contributed by atoms with van der Waals surface area (Å²) in [7, 11) is 0. The highest BCUT2D eigenvalue weighted by atomic mass is 19.4. The Morgan fingerprint density at radius 3 is 2.07 bits per heavy atom. The first-order valence-electron chi connectivity index (χ1n) is 8.51. The first kappa shape index (κ1) is 19.2. The Balaban J connectivity index is 1.47. The molecule has 0 atom stereocenters. The molecule has 1 aliphatic rings. The second-order valence-electron chi connectivity index (χ2n) is 6.36. The summed E-state index contributed by atoms with van der Waals surface area (Å²) in [6.07, 6.45) is -4.40. The molecule has 2 aromatic carbocycles. The predicted molar refractivity (Wildman–Crippen MR) is 95.1 cm³/mol. The third kappa shape index (κ3) is 5.19. The number of nitrogens with one attached hydrogen (secondary N) is 1. The monoisotopic (exact) mass is 381 g/mol. The number of hydrogen-bond acceptors (Lipinski definition) is 3. The zero-order chi connectivity index (χ0) is 19.4. The van der Waals surface area contributed by atoms with Gasteiger partial charge in [-0.25, -0.2) is 4.39 Å². The number of amides is 1. The standard InChI is InChI=1S/C19H19F4N3O/c20-15-3-7-17(8-4-15)26-11-9-25(10-12-26)13-18(27)24-16-5-1-14(2-6-16)19(21,22)23/h1-8H,9-13H2,(H,24,27). The molecule has 0 radical (unpaired) electrons. The van der Waals surface area contributed by atoms with E-state index in [2.05, 4.69) is 10.2 Å². The van der Waals surface area contributed by atoms with Crippen LogP contribution in [0, 0.1) is 5.82 Å². The number of carbonyl (C=O) groups excluding carboxylic acids is 1. The lowest BCUT2D eigenvalue weighted by Gasteiger charge is -2.35. The van der Waals surface area contributed by atoms with Crippen LogP contribution in [0.2, 0.25) is 0 Å². The molecule has 0 bridgehead atoms. The SMILES string of the molecule is O=C(CN1CCN(c2ccc(F)cc2)CC1)Nc1ccc(C(F)(F)F)cc1. The molecule has 1 amide bonds. The highest BCUT2D eigenvalue weighted by Gasteiger charge is 2.30. The van der Waals surface area contributed by atoms with Crippen LogP contribution in [-0.4, -0.2) is 43.5 Å². The van der Waals surface area contributed by atoms with Crippen molar-refractivity contribution < 1.29 is 22.4 Å². The van der Waals surface area contributed by atoms with Crippen LogP contribution >= 0.6 is 0 Å². The Kier molecular flexibility index (Phi) is 5.65. The van der Waals surface area contributed by atoms with Gasteiger partial charge in [0.1, 0.15) is 5.82 Å². The van der Waals surface area contributed by atoms with E-state index >= 15 is 0 Å². The number of alkyl halides is 3. The molecule has 0 saturated carbocycles. The molecular formula is C19H19F4N3O. The minimum Gasteiger partial charge on any atom is -0.369 e.